The highest BCUT2D eigenvalue weighted by Crippen LogP contribution is 2.41. The fourth-order valence-corrected chi connectivity index (χ4v) is 3.12. The van der Waals surface area contributed by atoms with Crippen LogP contribution < -0.4 is 5.32 Å². The zero-order chi connectivity index (χ0) is 21.7. The van der Waals surface area contributed by atoms with Gasteiger partial charge in [0.15, 0.2) is 17.5 Å². The Hall–Kier alpha value is 0.990. The fraction of sp³-hybridized carbons (Fsp3) is 0.400. The first kappa shape index (κ1) is 27.0. The van der Waals surface area contributed by atoms with Gasteiger partial charge in [0.25, 0.3) is 0 Å². The summed E-state index contributed by atoms with van der Waals surface area (Å²) in [7, 11) is 0. The lowest BCUT2D eigenvalue weighted by Crippen LogP contribution is -2.25. The molecule has 1 N–H and O–H groups in total. The lowest BCUT2D eigenvalue weighted by atomic mass is 10.2. The van der Waals surface area contributed by atoms with Gasteiger partial charge in [-0.25, -0.2) is 15.0 Å². The number of aromatic nitrogens is 3. The van der Waals surface area contributed by atoms with E-state index in [1.807, 2.05) is 26.0 Å². The molecule has 4 nitrogen and oxygen atoms in total. The number of rotatable bonds is 3. The van der Waals surface area contributed by atoms with Gasteiger partial charge in [0, 0.05) is 10.0 Å². The molecule has 1 heterocycles. The Bertz CT molecular complexity index is 739. The molecule has 13 heteroatoms. The molecule has 0 saturated carbocycles. The van der Waals surface area contributed by atoms with E-state index in [1.165, 1.54) is 0 Å². The largest absolute Gasteiger partial charge is 0.286 e. The maximum absolute atomic E-state index is 5.82. The van der Waals surface area contributed by atoms with Crippen LogP contribution in [-0.4, -0.2) is 26.0 Å². The van der Waals surface area contributed by atoms with E-state index in [-0.39, 0.29) is 28.5 Å². The average molecular weight is 613 g/mol. The Morgan fingerprint density at radius 3 is 1.57 bits per heavy atom. The molecule has 0 saturated heterocycles. The molecule has 0 amide bonds. The molecule has 0 fully saturated rings. The highest BCUT2D eigenvalue weighted by molar-refractivity contribution is 9.10. The molecule has 28 heavy (non-hydrogen) atoms. The third kappa shape index (κ3) is 9.42. The van der Waals surface area contributed by atoms with Gasteiger partial charge >= 0.3 is 0 Å². The third-order valence-corrected chi connectivity index (χ3v) is 4.67. The van der Waals surface area contributed by atoms with Gasteiger partial charge in [0.2, 0.25) is 7.59 Å². The molecule has 2 atom stereocenters. The van der Waals surface area contributed by atoms with Crippen LogP contribution in [0.5, 0.6) is 0 Å². The summed E-state index contributed by atoms with van der Waals surface area (Å²) >= 11 is 49.2. The standard InChI is InChI=1S/C11H4BrCl6N3.C4H9Cl2N/c12-6-4-2-1-3-5(6)7-19-8(10(13,14)15)21-9(20-7)11(16,17)18;1-3(5)7-4(2)6/h1-4H;3-4,7H,1-2H3. The maximum Gasteiger partial charge on any atom is 0.250 e. The first-order valence-corrected chi connectivity index (χ1v) is 11.3. The van der Waals surface area contributed by atoms with E-state index < -0.39 is 7.59 Å². The quantitative estimate of drug-likeness (QED) is 0.285. The minimum atomic E-state index is -1.87. The second-order valence-corrected chi connectivity index (χ2v) is 11.9. The second-order valence-electron chi connectivity index (χ2n) is 5.18. The lowest BCUT2D eigenvalue weighted by Gasteiger charge is -2.16. The Kier molecular flexibility index (Phi) is 11.2. The predicted molar refractivity (Wildman–Crippen MR) is 125 cm³/mol. The lowest BCUT2D eigenvalue weighted by molar-refractivity contribution is 0.667. The monoisotopic (exact) mass is 608 g/mol. The molecule has 1 aromatic carbocycles. The van der Waals surface area contributed by atoms with Crippen LogP contribution in [0.25, 0.3) is 11.4 Å². The molecule has 0 bridgehead atoms. The fourth-order valence-electron chi connectivity index (χ4n) is 1.71. The van der Waals surface area contributed by atoms with E-state index in [4.69, 9.17) is 92.8 Å². The number of nitrogens with zero attached hydrogens (tertiary/aromatic N) is 3. The Morgan fingerprint density at radius 2 is 1.25 bits per heavy atom. The molecule has 0 aliphatic carbocycles. The molecule has 2 rings (SSSR count). The maximum atomic E-state index is 5.82. The molecular weight excluding hydrogens is 600 g/mol. The van der Waals surface area contributed by atoms with Gasteiger partial charge in [-0.1, -0.05) is 104 Å². The first-order chi connectivity index (χ1) is 12.7. The zero-order valence-electron chi connectivity index (χ0n) is 14.2. The number of hydrogen-bond donors (Lipinski definition) is 1. The highest BCUT2D eigenvalue weighted by Gasteiger charge is 2.34. The molecule has 1 aromatic heterocycles. The van der Waals surface area contributed by atoms with Crippen LogP contribution in [0.2, 0.25) is 0 Å². The summed E-state index contributed by atoms with van der Waals surface area (Å²) in [5, 5.41) is 2.84. The van der Waals surface area contributed by atoms with E-state index >= 15 is 0 Å². The Morgan fingerprint density at radius 1 is 0.821 bits per heavy atom. The molecule has 0 aliphatic rings. The predicted octanol–water partition coefficient (Wildman–Crippen LogP) is 7.70. The summed E-state index contributed by atoms with van der Waals surface area (Å²) < 4.78 is -3.01. The molecule has 2 aromatic rings. The van der Waals surface area contributed by atoms with Gasteiger partial charge in [-0.05, 0) is 19.9 Å². The normalized spacial score (nSPS) is 14.1. The van der Waals surface area contributed by atoms with Gasteiger partial charge in [0.1, 0.15) is 0 Å². The van der Waals surface area contributed by atoms with Crippen LogP contribution in [0, 0.1) is 0 Å². The Labute approximate surface area is 211 Å². The van der Waals surface area contributed by atoms with E-state index in [0.717, 1.165) is 4.47 Å². The first-order valence-electron chi connectivity index (χ1n) is 7.41. The summed E-state index contributed by atoms with van der Waals surface area (Å²) in [5.41, 5.74) is 0.575. The van der Waals surface area contributed by atoms with Crippen LogP contribution in [0.4, 0.5) is 0 Å². The minimum Gasteiger partial charge on any atom is -0.286 e. The van der Waals surface area contributed by atoms with Crippen molar-refractivity contribution in [2.45, 2.75) is 32.4 Å². The number of halogens is 9. The van der Waals surface area contributed by atoms with Crippen molar-refractivity contribution in [3.63, 3.8) is 0 Å². The van der Waals surface area contributed by atoms with Gasteiger partial charge in [-0.15, -0.1) is 23.2 Å². The zero-order valence-corrected chi connectivity index (χ0v) is 21.8. The van der Waals surface area contributed by atoms with Crippen molar-refractivity contribution in [3.8, 4) is 11.4 Å². The van der Waals surface area contributed by atoms with E-state index in [0.29, 0.717) is 5.56 Å². The number of hydrogen-bond acceptors (Lipinski definition) is 4. The van der Waals surface area contributed by atoms with Crippen molar-refractivity contribution in [1.82, 2.24) is 20.3 Å². The summed E-state index contributed by atoms with van der Waals surface area (Å²) in [6.45, 7) is 3.67. The van der Waals surface area contributed by atoms with E-state index in [9.17, 15) is 0 Å². The van der Waals surface area contributed by atoms with Crippen molar-refractivity contribution in [2.24, 2.45) is 0 Å². The van der Waals surface area contributed by atoms with Gasteiger partial charge in [-0.2, -0.15) is 0 Å². The van der Waals surface area contributed by atoms with Crippen molar-refractivity contribution >= 4 is 109 Å². The van der Waals surface area contributed by atoms with Gasteiger partial charge in [-0.3, -0.25) is 5.32 Å². The van der Waals surface area contributed by atoms with E-state index in [1.54, 1.807) is 12.1 Å². The molecular formula is C15H13BrCl8N4. The highest BCUT2D eigenvalue weighted by atomic mass is 79.9. The SMILES string of the molecule is CC(Cl)NC(C)Cl.ClC(Cl)(Cl)c1nc(-c2ccccc2Br)nc(C(Cl)(Cl)Cl)n1. The van der Waals surface area contributed by atoms with Crippen molar-refractivity contribution in [1.29, 1.82) is 0 Å². The van der Waals surface area contributed by atoms with Crippen molar-refractivity contribution in [2.75, 3.05) is 0 Å². The summed E-state index contributed by atoms with van der Waals surface area (Å²) in [5.74, 6) is -0.0377. The van der Waals surface area contributed by atoms with Crippen LogP contribution in [0.1, 0.15) is 25.5 Å². The summed E-state index contributed by atoms with van der Waals surface area (Å²) in [6, 6.07) is 7.21. The molecule has 0 radical (unpaired) electrons. The molecule has 156 valence electrons. The molecule has 2 unspecified atom stereocenters. The van der Waals surface area contributed by atoms with Crippen LogP contribution in [0.15, 0.2) is 28.7 Å². The number of nitrogens with one attached hydrogen (secondary N) is 1. The van der Waals surface area contributed by atoms with Crippen LogP contribution in [-0.2, 0) is 7.59 Å². The minimum absolute atomic E-state index is 0.0347. The summed E-state index contributed by atoms with van der Waals surface area (Å²) in [4.78, 5) is 12.2. The average Bonchev–Trinajstić information content (AvgIpc) is 2.52. The van der Waals surface area contributed by atoms with Crippen LogP contribution >= 0.6 is 109 Å². The topological polar surface area (TPSA) is 50.7 Å². The van der Waals surface area contributed by atoms with Gasteiger partial charge in [0.05, 0.1) is 11.0 Å². The number of benzene rings is 1. The van der Waals surface area contributed by atoms with Crippen LogP contribution in [0.3, 0.4) is 0 Å². The Balaban J connectivity index is 0.000000480. The van der Waals surface area contributed by atoms with E-state index in [2.05, 4.69) is 36.2 Å². The van der Waals surface area contributed by atoms with Gasteiger partial charge < -0.3 is 0 Å². The third-order valence-electron chi connectivity index (χ3n) is 2.72. The summed E-state index contributed by atoms with van der Waals surface area (Å²) in [6.07, 6.45) is 0. The molecule has 0 aliphatic heterocycles. The van der Waals surface area contributed by atoms with Crippen molar-refractivity contribution < 1.29 is 0 Å². The smallest absolute Gasteiger partial charge is 0.250 e. The van der Waals surface area contributed by atoms with Crippen molar-refractivity contribution in [3.05, 3.63) is 40.4 Å². The second kappa shape index (κ2) is 11.6. The number of alkyl halides is 8. The molecule has 0 spiro atoms.